The number of Topliss-reactive ketones (excluding diaryl/α,β-unsaturated/α-hetero) is 1. The lowest BCUT2D eigenvalue weighted by atomic mass is 9.77. The molecule has 1 aromatic carbocycles. The van der Waals surface area contributed by atoms with Gasteiger partial charge < -0.3 is 0 Å². The predicted molar refractivity (Wildman–Crippen MR) is 85.2 cm³/mol. The molecule has 0 heterocycles. The van der Waals surface area contributed by atoms with Gasteiger partial charge in [-0.05, 0) is 54.6 Å². The number of hydrogen-bond donors (Lipinski definition) is 0. The second-order valence-corrected chi connectivity index (χ2v) is 7.49. The molecule has 1 heteroatoms. The average Bonchev–Trinajstić information content (AvgIpc) is 3.29. The maximum absolute atomic E-state index is 13.0. The summed E-state index contributed by atoms with van der Waals surface area (Å²) in [6, 6.07) is 8.83. The highest BCUT2D eigenvalue weighted by molar-refractivity contribution is 5.88. The number of rotatable bonds is 3. The molecule has 0 aliphatic heterocycles. The summed E-state index contributed by atoms with van der Waals surface area (Å²) in [5, 5.41) is 0. The highest BCUT2D eigenvalue weighted by Gasteiger charge is 2.57. The van der Waals surface area contributed by atoms with Gasteiger partial charge in [0.05, 0.1) is 0 Å². The van der Waals surface area contributed by atoms with Gasteiger partial charge in [0.15, 0.2) is 0 Å². The molecular formula is C20H26O. The first-order chi connectivity index (χ1) is 10.3. The van der Waals surface area contributed by atoms with Crippen molar-refractivity contribution < 1.29 is 4.79 Å². The van der Waals surface area contributed by atoms with Crippen molar-refractivity contribution in [1.82, 2.24) is 0 Å². The molecule has 0 spiro atoms. The van der Waals surface area contributed by atoms with Gasteiger partial charge in [-0.3, -0.25) is 4.79 Å². The van der Waals surface area contributed by atoms with Crippen LogP contribution < -0.4 is 0 Å². The van der Waals surface area contributed by atoms with Crippen molar-refractivity contribution in [3.63, 3.8) is 0 Å². The van der Waals surface area contributed by atoms with E-state index in [0.717, 1.165) is 12.3 Å². The van der Waals surface area contributed by atoms with Gasteiger partial charge in [-0.2, -0.15) is 0 Å². The van der Waals surface area contributed by atoms with E-state index in [1.165, 1.54) is 49.7 Å². The van der Waals surface area contributed by atoms with Gasteiger partial charge in [-0.1, -0.05) is 50.5 Å². The lowest BCUT2D eigenvalue weighted by molar-refractivity contribution is -0.126. The average molecular weight is 282 g/mol. The van der Waals surface area contributed by atoms with Crippen LogP contribution in [0.4, 0.5) is 0 Å². The Balaban J connectivity index is 1.50. The summed E-state index contributed by atoms with van der Waals surface area (Å²) in [7, 11) is 0. The second-order valence-electron chi connectivity index (χ2n) is 7.49. The van der Waals surface area contributed by atoms with Crippen LogP contribution in [0.1, 0.15) is 62.5 Å². The van der Waals surface area contributed by atoms with Crippen LogP contribution in [0.5, 0.6) is 0 Å². The lowest BCUT2D eigenvalue weighted by Crippen LogP contribution is -2.24. The van der Waals surface area contributed by atoms with Crippen molar-refractivity contribution in [3.8, 4) is 0 Å². The van der Waals surface area contributed by atoms with Crippen LogP contribution in [0.3, 0.4) is 0 Å². The van der Waals surface area contributed by atoms with E-state index in [0.29, 0.717) is 29.5 Å². The molecule has 5 unspecified atom stereocenters. The number of benzene rings is 1. The summed E-state index contributed by atoms with van der Waals surface area (Å²) >= 11 is 0. The molecule has 3 aliphatic carbocycles. The van der Waals surface area contributed by atoms with E-state index < -0.39 is 0 Å². The fourth-order valence-electron chi connectivity index (χ4n) is 5.15. The van der Waals surface area contributed by atoms with Crippen LogP contribution in [0.15, 0.2) is 24.3 Å². The maximum atomic E-state index is 13.0. The third kappa shape index (κ3) is 2.25. The molecule has 4 rings (SSSR count). The quantitative estimate of drug-likeness (QED) is 0.782. The van der Waals surface area contributed by atoms with E-state index >= 15 is 0 Å². The first-order valence-electron chi connectivity index (χ1n) is 8.91. The van der Waals surface area contributed by atoms with Crippen LogP contribution >= 0.6 is 0 Å². The van der Waals surface area contributed by atoms with Crippen LogP contribution in [-0.2, 0) is 11.2 Å². The molecule has 0 amide bonds. The van der Waals surface area contributed by atoms with Crippen molar-refractivity contribution >= 4 is 5.78 Å². The minimum absolute atomic E-state index is 0.370. The van der Waals surface area contributed by atoms with Gasteiger partial charge in [-0.25, -0.2) is 0 Å². The van der Waals surface area contributed by atoms with E-state index in [9.17, 15) is 4.79 Å². The zero-order valence-corrected chi connectivity index (χ0v) is 13.1. The SMILES string of the molecule is CCC1CCCC(C(=O)C2C3CCc4ccccc4C32)C1. The molecule has 2 saturated carbocycles. The van der Waals surface area contributed by atoms with Crippen molar-refractivity contribution in [3.05, 3.63) is 35.4 Å². The van der Waals surface area contributed by atoms with E-state index in [1.54, 1.807) is 0 Å². The highest BCUT2D eigenvalue weighted by Crippen LogP contribution is 2.61. The summed E-state index contributed by atoms with van der Waals surface area (Å²) in [5.41, 5.74) is 3.00. The van der Waals surface area contributed by atoms with Crippen molar-refractivity contribution in [2.75, 3.05) is 0 Å². The van der Waals surface area contributed by atoms with E-state index in [-0.39, 0.29) is 0 Å². The van der Waals surface area contributed by atoms with E-state index in [1.807, 2.05) is 0 Å². The predicted octanol–water partition coefficient (Wildman–Crippen LogP) is 4.75. The Labute approximate surface area is 128 Å². The van der Waals surface area contributed by atoms with Crippen molar-refractivity contribution in [2.45, 2.75) is 57.8 Å². The van der Waals surface area contributed by atoms with Gasteiger partial charge in [0.25, 0.3) is 0 Å². The topological polar surface area (TPSA) is 17.1 Å². The Morgan fingerprint density at radius 3 is 2.90 bits per heavy atom. The smallest absolute Gasteiger partial charge is 0.139 e. The van der Waals surface area contributed by atoms with E-state index in [2.05, 4.69) is 31.2 Å². The molecule has 0 saturated heterocycles. The second kappa shape index (κ2) is 5.26. The third-order valence-corrected chi connectivity index (χ3v) is 6.42. The molecule has 0 bridgehead atoms. The summed E-state index contributed by atoms with van der Waals surface area (Å²) < 4.78 is 0. The fraction of sp³-hybridized carbons (Fsp3) is 0.650. The number of carbonyl (C=O) groups excluding carboxylic acids is 1. The van der Waals surface area contributed by atoms with Gasteiger partial charge in [0, 0.05) is 11.8 Å². The minimum Gasteiger partial charge on any atom is -0.299 e. The summed E-state index contributed by atoms with van der Waals surface area (Å²) in [6.07, 6.45) is 8.63. The number of hydrogen-bond acceptors (Lipinski definition) is 1. The normalized spacial score (nSPS) is 37.5. The zero-order chi connectivity index (χ0) is 14.4. The monoisotopic (exact) mass is 282 g/mol. The molecule has 0 N–H and O–H groups in total. The summed E-state index contributed by atoms with van der Waals surface area (Å²) in [6.45, 7) is 2.28. The molecule has 1 nitrogen and oxygen atoms in total. The Morgan fingerprint density at radius 2 is 2.05 bits per heavy atom. The van der Waals surface area contributed by atoms with Crippen molar-refractivity contribution in [2.24, 2.45) is 23.7 Å². The number of ketones is 1. The van der Waals surface area contributed by atoms with Gasteiger partial charge in [0.1, 0.15) is 5.78 Å². The first kappa shape index (κ1) is 13.5. The molecule has 0 radical (unpaired) electrons. The Hall–Kier alpha value is -1.11. The Morgan fingerprint density at radius 1 is 1.19 bits per heavy atom. The molecular weight excluding hydrogens is 256 g/mol. The molecule has 5 atom stereocenters. The largest absolute Gasteiger partial charge is 0.299 e. The maximum Gasteiger partial charge on any atom is 0.139 e. The summed E-state index contributed by atoms with van der Waals surface area (Å²) in [5.74, 6) is 3.43. The van der Waals surface area contributed by atoms with Gasteiger partial charge in [-0.15, -0.1) is 0 Å². The van der Waals surface area contributed by atoms with Crippen LogP contribution in [-0.4, -0.2) is 5.78 Å². The summed E-state index contributed by atoms with van der Waals surface area (Å²) in [4.78, 5) is 13.0. The highest BCUT2D eigenvalue weighted by atomic mass is 16.1. The molecule has 21 heavy (non-hydrogen) atoms. The third-order valence-electron chi connectivity index (χ3n) is 6.42. The van der Waals surface area contributed by atoms with Crippen molar-refractivity contribution in [1.29, 1.82) is 0 Å². The molecule has 112 valence electrons. The zero-order valence-electron chi connectivity index (χ0n) is 13.1. The lowest BCUT2D eigenvalue weighted by Gasteiger charge is -2.27. The number of carbonyl (C=O) groups is 1. The van der Waals surface area contributed by atoms with Gasteiger partial charge in [0.2, 0.25) is 0 Å². The molecule has 2 fully saturated rings. The molecule has 3 aliphatic rings. The Kier molecular flexibility index (Phi) is 3.40. The number of aryl methyl sites for hydroxylation is 1. The molecule has 1 aromatic rings. The van der Waals surface area contributed by atoms with Crippen LogP contribution in [0, 0.1) is 23.7 Å². The van der Waals surface area contributed by atoms with Crippen LogP contribution in [0.2, 0.25) is 0 Å². The minimum atomic E-state index is 0.370. The van der Waals surface area contributed by atoms with E-state index in [4.69, 9.17) is 0 Å². The Bertz CT molecular complexity index is 547. The van der Waals surface area contributed by atoms with Gasteiger partial charge >= 0.3 is 0 Å². The standard InChI is InChI=1S/C20H26O/c1-2-13-6-5-8-15(12-13)20(21)19-17-11-10-14-7-3-4-9-16(14)18(17)19/h3-4,7,9,13,15,17-19H,2,5-6,8,10-12H2,1H3. The number of fused-ring (bicyclic) bond motifs is 3. The first-order valence-corrected chi connectivity index (χ1v) is 8.91. The van der Waals surface area contributed by atoms with Crippen LogP contribution in [0.25, 0.3) is 0 Å². The fourth-order valence-corrected chi connectivity index (χ4v) is 5.15. The molecule has 0 aromatic heterocycles.